The molecule has 0 saturated heterocycles. The van der Waals surface area contributed by atoms with Crippen LogP contribution in [0.25, 0.3) is 0 Å². The first kappa shape index (κ1) is 12.0. The van der Waals surface area contributed by atoms with E-state index < -0.39 is 5.97 Å². The summed E-state index contributed by atoms with van der Waals surface area (Å²) in [6.45, 7) is 1.81. The van der Waals surface area contributed by atoms with Crippen molar-refractivity contribution >= 4 is 40.5 Å². The molecule has 82 valence electrons. The van der Waals surface area contributed by atoms with Crippen LogP contribution in [0.2, 0.25) is 0 Å². The highest BCUT2D eigenvalue weighted by Gasteiger charge is 2.13. The van der Waals surface area contributed by atoms with Crippen molar-refractivity contribution < 1.29 is 14.3 Å². The number of alkyl halides is 1. The number of nitrogens with one attached hydrogen (secondary N) is 1. The van der Waals surface area contributed by atoms with Gasteiger partial charge in [-0.25, -0.2) is 4.79 Å². The number of methoxy groups -OCH3 is 1. The molecule has 0 aliphatic rings. The topological polar surface area (TPSA) is 55.4 Å². The zero-order valence-electron chi connectivity index (χ0n) is 8.30. The van der Waals surface area contributed by atoms with Crippen molar-refractivity contribution in [3.8, 4) is 0 Å². The second kappa shape index (κ2) is 5.14. The maximum Gasteiger partial charge on any atom is 0.348 e. The molecule has 0 aromatic carbocycles. The van der Waals surface area contributed by atoms with Gasteiger partial charge in [-0.3, -0.25) is 4.79 Å². The summed E-state index contributed by atoms with van der Waals surface area (Å²) in [5, 5.41) is 2.59. The first-order valence-corrected chi connectivity index (χ1v) is 5.48. The Hall–Kier alpha value is -1.07. The van der Waals surface area contributed by atoms with Gasteiger partial charge >= 0.3 is 5.97 Å². The Labute approximate surface area is 96.2 Å². The van der Waals surface area contributed by atoms with Crippen LogP contribution in [-0.4, -0.2) is 24.9 Å². The van der Waals surface area contributed by atoms with E-state index in [2.05, 4.69) is 10.1 Å². The van der Waals surface area contributed by atoms with E-state index in [9.17, 15) is 9.59 Å². The Morgan fingerprint density at radius 3 is 2.80 bits per heavy atom. The molecule has 1 aromatic heterocycles. The monoisotopic (exact) mass is 247 g/mol. The number of rotatable bonds is 3. The minimum Gasteiger partial charge on any atom is -0.465 e. The highest BCUT2D eigenvalue weighted by Crippen LogP contribution is 2.26. The Kier molecular flexibility index (Phi) is 4.11. The van der Waals surface area contributed by atoms with E-state index in [1.165, 1.54) is 18.4 Å². The molecule has 0 aliphatic carbocycles. The second-order valence-electron chi connectivity index (χ2n) is 2.75. The van der Waals surface area contributed by atoms with Crippen LogP contribution in [0.1, 0.15) is 14.5 Å². The SMILES string of the molecule is COC(=O)c1cc(NC(=O)CCl)c(C)s1. The van der Waals surface area contributed by atoms with E-state index in [0.717, 1.165) is 4.88 Å². The largest absolute Gasteiger partial charge is 0.465 e. The van der Waals surface area contributed by atoms with Crippen LogP contribution in [0.4, 0.5) is 5.69 Å². The summed E-state index contributed by atoms with van der Waals surface area (Å²) >= 11 is 6.62. The van der Waals surface area contributed by atoms with E-state index >= 15 is 0 Å². The Balaban J connectivity index is 2.86. The molecular formula is C9H10ClNO3S. The van der Waals surface area contributed by atoms with Gasteiger partial charge in [0.25, 0.3) is 0 Å². The molecule has 0 fully saturated rings. The predicted molar refractivity (Wildman–Crippen MR) is 59.7 cm³/mol. The number of carbonyl (C=O) groups is 2. The number of ether oxygens (including phenoxy) is 1. The van der Waals surface area contributed by atoms with Gasteiger partial charge in [0.2, 0.25) is 5.91 Å². The van der Waals surface area contributed by atoms with Crippen molar-refractivity contribution in [2.24, 2.45) is 0 Å². The summed E-state index contributed by atoms with van der Waals surface area (Å²) in [4.78, 5) is 23.5. The lowest BCUT2D eigenvalue weighted by molar-refractivity contribution is -0.113. The van der Waals surface area contributed by atoms with E-state index in [-0.39, 0.29) is 11.8 Å². The van der Waals surface area contributed by atoms with Gasteiger partial charge in [-0.05, 0) is 13.0 Å². The van der Waals surface area contributed by atoms with Crippen LogP contribution in [-0.2, 0) is 9.53 Å². The average molecular weight is 248 g/mol. The first-order valence-electron chi connectivity index (χ1n) is 4.13. The lowest BCUT2D eigenvalue weighted by Gasteiger charge is -1.99. The average Bonchev–Trinajstić information content (AvgIpc) is 2.59. The fourth-order valence-corrected chi connectivity index (χ4v) is 1.95. The summed E-state index contributed by atoms with van der Waals surface area (Å²) in [5.74, 6) is -0.813. The van der Waals surface area contributed by atoms with E-state index in [1.54, 1.807) is 13.0 Å². The summed E-state index contributed by atoms with van der Waals surface area (Å²) < 4.78 is 4.57. The number of hydrogen-bond acceptors (Lipinski definition) is 4. The standard InChI is InChI=1S/C9H10ClNO3S/c1-5-6(11-8(12)4-10)3-7(15-5)9(13)14-2/h3H,4H2,1-2H3,(H,11,12). The van der Waals surface area contributed by atoms with Gasteiger partial charge in [0.15, 0.2) is 0 Å². The maximum atomic E-state index is 11.2. The Bertz CT molecular complexity index is 389. The van der Waals surface area contributed by atoms with Crippen molar-refractivity contribution in [1.29, 1.82) is 0 Å². The summed E-state index contributed by atoms with van der Waals surface area (Å²) in [7, 11) is 1.31. The van der Waals surface area contributed by atoms with Gasteiger partial charge in [-0.1, -0.05) is 0 Å². The number of thiophene rings is 1. The smallest absolute Gasteiger partial charge is 0.348 e. The maximum absolute atomic E-state index is 11.2. The van der Waals surface area contributed by atoms with Gasteiger partial charge in [-0.15, -0.1) is 22.9 Å². The zero-order chi connectivity index (χ0) is 11.4. The number of esters is 1. The molecule has 1 amide bonds. The molecule has 0 radical (unpaired) electrons. The summed E-state index contributed by atoms with van der Waals surface area (Å²) in [6, 6.07) is 1.58. The molecule has 4 nitrogen and oxygen atoms in total. The molecule has 1 aromatic rings. The second-order valence-corrected chi connectivity index (χ2v) is 4.28. The Morgan fingerprint density at radius 2 is 2.27 bits per heavy atom. The Morgan fingerprint density at radius 1 is 1.60 bits per heavy atom. The zero-order valence-corrected chi connectivity index (χ0v) is 9.87. The number of hydrogen-bond donors (Lipinski definition) is 1. The summed E-state index contributed by atoms with van der Waals surface area (Å²) in [6.07, 6.45) is 0. The lowest BCUT2D eigenvalue weighted by Crippen LogP contribution is -2.12. The molecule has 6 heteroatoms. The molecule has 1 rings (SSSR count). The third-order valence-corrected chi connectivity index (χ3v) is 2.97. The third kappa shape index (κ3) is 2.94. The lowest BCUT2D eigenvalue weighted by atomic mass is 10.3. The predicted octanol–water partition coefficient (Wildman–Crippen LogP) is 2.02. The normalized spacial score (nSPS) is 9.80. The van der Waals surface area contributed by atoms with Crippen LogP contribution in [0.3, 0.4) is 0 Å². The minimum absolute atomic E-state index is 0.108. The molecule has 0 unspecified atom stereocenters. The van der Waals surface area contributed by atoms with Crippen LogP contribution in [0.15, 0.2) is 6.07 Å². The minimum atomic E-state index is -0.408. The molecule has 0 bridgehead atoms. The van der Waals surface area contributed by atoms with Crippen molar-refractivity contribution in [3.05, 3.63) is 15.8 Å². The van der Waals surface area contributed by atoms with Crippen LogP contribution >= 0.6 is 22.9 Å². The fourth-order valence-electron chi connectivity index (χ4n) is 0.991. The number of amides is 1. The van der Waals surface area contributed by atoms with E-state index in [4.69, 9.17) is 11.6 Å². The molecular weight excluding hydrogens is 238 g/mol. The van der Waals surface area contributed by atoms with Gasteiger partial charge in [0.05, 0.1) is 12.8 Å². The van der Waals surface area contributed by atoms with Crippen molar-refractivity contribution in [2.75, 3.05) is 18.3 Å². The molecule has 0 spiro atoms. The number of anilines is 1. The van der Waals surface area contributed by atoms with Crippen molar-refractivity contribution in [1.82, 2.24) is 0 Å². The fraction of sp³-hybridized carbons (Fsp3) is 0.333. The molecule has 0 aliphatic heterocycles. The third-order valence-electron chi connectivity index (χ3n) is 1.70. The molecule has 1 N–H and O–H groups in total. The van der Waals surface area contributed by atoms with Crippen LogP contribution in [0, 0.1) is 6.92 Å². The first-order chi connectivity index (χ1) is 7.08. The molecule has 0 atom stereocenters. The summed E-state index contributed by atoms with van der Waals surface area (Å²) in [5.41, 5.74) is 0.603. The van der Waals surface area contributed by atoms with Crippen LogP contribution in [0.5, 0.6) is 0 Å². The molecule has 0 saturated carbocycles. The van der Waals surface area contributed by atoms with Gasteiger partial charge in [-0.2, -0.15) is 0 Å². The van der Waals surface area contributed by atoms with E-state index in [0.29, 0.717) is 10.6 Å². The number of carbonyl (C=O) groups excluding carboxylic acids is 2. The van der Waals surface area contributed by atoms with Crippen molar-refractivity contribution in [3.63, 3.8) is 0 Å². The molecule has 1 heterocycles. The van der Waals surface area contributed by atoms with Crippen molar-refractivity contribution in [2.45, 2.75) is 6.92 Å². The quantitative estimate of drug-likeness (QED) is 0.657. The number of aryl methyl sites for hydroxylation is 1. The van der Waals surface area contributed by atoms with Gasteiger partial charge < -0.3 is 10.1 Å². The van der Waals surface area contributed by atoms with E-state index in [1.807, 2.05) is 0 Å². The van der Waals surface area contributed by atoms with Gasteiger partial charge in [0.1, 0.15) is 10.8 Å². The van der Waals surface area contributed by atoms with Gasteiger partial charge in [0, 0.05) is 4.88 Å². The van der Waals surface area contributed by atoms with Crippen LogP contribution < -0.4 is 5.32 Å². The molecule has 15 heavy (non-hydrogen) atoms. The highest BCUT2D eigenvalue weighted by atomic mass is 35.5. The highest BCUT2D eigenvalue weighted by molar-refractivity contribution is 7.14. The number of halogens is 1.